The van der Waals surface area contributed by atoms with Crippen molar-refractivity contribution in [1.82, 2.24) is 10.3 Å². The van der Waals surface area contributed by atoms with Gasteiger partial charge >= 0.3 is 0 Å². The van der Waals surface area contributed by atoms with Crippen LogP contribution in [0.25, 0.3) is 66.9 Å². The van der Waals surface area contributed by atoms with Crippen LogP contribution in [0.2, 0.25) is 0 Å². The molecule has 2 unspecified atom stereocenters. The highest BCUT2D eigenvalue weighted by Crippen LogP contribution is 2.52. The summed E-state index contributed by atoms with van der Waals surface area (Å²) >= 11 is 0. The van der Waals surface area contributed by atoms with Crippen molar-refractivity contribution in [1.29, 1.82) is 0 Å². The highest BCUT2D eigenvalue weighted by Gasteiger charge is 2.33. The summed E-state index contributed by atoms with van der Waals surface area (Å²) in [5.41, 5.74) is 26.7. The van der Waals surface area contributed by atoms with Gasteiger partial charge in [-0.25, -0.2) is 0 Å². The molecule has 2 nitrogen and oxygen atoms in total. The van der Waals surface area contributed by atoms with E-state index in [-0.39, 0.29) is 11.8 Å². The molecule has 9 aromatic rings. The van der Waals surface area contributed by atoms with Gasteiger partial charge in [-0.15, -0.1) is 0 Å². The third-order valence-electron chi connectivity index (χ3n) is 14.2. The minimum Gasteiger partial charge on any atom is -0.364 e. The summed E-state index contributed by atoms with van der Waals surface area (Å²) in [4.78, 5) is 5.07. The van der Waals surface area contributed by atoms with E-state index in [2.05, 4.69) is 237 Å². The summed E-state index contributed by atoms with van der Waals surface area (Å²) in [5, 5.41) is 3.80. The Labute approximate surface area is 394 Å². The highest BCUT2D eigenvalue weighted by atomic mass is 14.9. The molecular weight excluding hydrogens is 809 g/mol. The van der Waals surface area contributed by atoms with Crippen molar-refractivity contribution < 1.29 is 0 Å². The fourth-order valence-electron chi connectivity index (χ4n) is 11.0. The first kappa shape index (κ1) is 40.4. The zero-order valence-electron chi connectivity index (χ0n) is 37.7. The number of benzene rings is 8. The first-order valence-corrected chi connectivity index (χ1v) is 23.8. The maximum absolute atomic E-state index is 5.07. The third kappa shape index (κ3) is 7.65. The van der Waals surface area contributed by atoms with E-state index in [9.17, 15) is 0 Å². The van der Waals surface area contributed by atoms with Crippen LogP contribution in [0.4, 0.5) is 0 Å². The molecule has 1 N–H and O–H groups in total. The fourth-order valence-corrected chi connectivity index (χ4v) is 11.0. The summed E-state index contributed by atoms with van der Waals surface area (Å²) in [6, 6.07) is 75.9. The minimum absolute atomic E-state index is 0.199. The number of pyridine rings is 1. The second kappa shape index (κ2) is 17.4. The topological polar surface area (TPSA) is 24.9 Å². The van der Waals surface area contributed by atoms with E-state index in [1.54, 1.807) is 0 Å². The Morgan fingerprint density at radius 3 is 1.63 bits per heavy atom. The van der Waals surface area contributed by atoms with Crippen LogP contribution in [0.15, 0.2) is 237 Å². The summed E-state index contributed by atoms with van der Waals surface area (Å²) in [6.07, 6.45) is 11.6. The lowest BCUT2D eigenvalue weighted by Gasteiger charge is -2.18. The van der Waals surface area contributed by atoms with E-state index in [1.165, 1.54) is 111 Å². The number of rotatable bonds is 10. The normalized spacial score (nSPS) is 15.5. The summed E-state index contributed by atoms with van der Waals surface area (Å²) in [7, 11) is 0. The Morgan fingerprint density at radius 2 is 0.985 bits per heavy atom. The smallest absolute Gasteiger partial charge is 0.0743 e. The van der Waals surface area contributed by atoms with Crippen molar-refractivity contribution in [3.8, 4) is 55.8 Å². The Hall–Kier alpha value is -8.07. The first-order chi connectivity index (χ1) is 33.1. The number of nitrogens with zero attached hydrogens (tertiary/aromatic N) is 1. The molecule has 320 valence electrons. The van der Waals surface area contributed by atoms with Gasteiger partial charge in [-0.05, 0) is 156 Å². The van der Waals surface area contributed by atoms with Gasteiger partial charge in [0.2, 0.25) is 0 Å². The molecule has 1 aromatic heterocycles. The van der Waals surface area contributed by atoms with Crippen molar-refractivity contribution >= 4 is 11.1 Å². The molecule has 3 aliphatic rings. The maximum Gasteiger partial charge on any atom is 0.0743 e. The number of aryl methyl sites for hydroxylation is 1. The summed E-state index contributed by atoms with van der Waals surface area (Å²) in [6.45, 7) is 2.29. The SMILES string of the molecule is CCc1cccc2c1-c1cc(-c3ccc4c(c3)-c3ncccc3C4Cc3cc(-c4ccccc4)cc(-c4ccccc4)c3)ccc1C2CC1=CC(c2ccccc2)=CC(c2ccccc2)=CN1. The molecule has 12 rings (SSSR count). The molecule has 2 heterocycles. The molecule has 2 aliphatic carbocycles. The summed E-state index contributed by atoms with van der Waals surface area (Å²) in [5.74, 6) is 0.414. The number of hydrogen-bond donors (Lipinski definition) is 1. The van der Waals surface area contributed by atoms with E-state index >= 15 is 0 Å². The van der Waals surface area contributed by atoms with Crippen LogP contribution in [-0.2, 0) is 12.8 Å². The second-order valence-electron chi connectivity index (χ2n) is 18.2. The Kier molecular flexibility index (Phi) is 10.5. The second-order valence-corrected chi connectivity index (χ2v) is 18.2. The van der Waals surface area contributed by atoms with Gasteiger partial charge in [0.05, 0.1) is 5.69 Å². The van der Waals surface area contributed by atoms with Gasteiger partial charge in [0.1, 0.15) is 0 Å². The van der Waals surface area contributed by atoms with Gasteiger partial charge in [-0.2, -0.15) is 0 Å². The van der Waals surface area contributed by atoms with Gasteiger partial charge < -0.3 is 5.32 Å². The van der Waals surface area contributed by atoms with E-state index in [1.807, 2.05) is 6.20 Å². The largest absolute Gasteiger partial charge is 0.364 e. The van der Waals surface area contributed by atoms with Gasteiger partial charge in [-0.1, -0.05) is 189 Å². The molecule has 0 saturated carbocycles. The van der Waals surface area contributed by atoms with E-state index in [0.29, 0.717) is 0 Å². The zero-order chi connectivity index (χ0) is 44.7. The number of fused-ring (bicyclic) bond motifs is 6. The van der Waals surface area contributed by atoms with Gasteiger partial charge in [0.25, 0.3) is 0 Å². The van der Waals surface area contributed by atoms with Gasteiger partial charge in [0, 0.05) is 35.5 Å². The van der Waals surface area contributed by atoms with Crippen LogP contribution < -0.4 is 5.32 Å². The number of hydrogen-bond acceptors (Lipinski definition) is 2. The molecular formula is C65H50N2. The predicted octanol–water partition coefficient (Wildman–Crippen LogP) is 16.1. The van der Waals surface area contributed by atoms with Gasteiger partial charge in [-0.3, -0.25) is 4.98 Å². The molecule has 2 atom stereocenters. The van der Waals surface area contributed by atoms with Crippen molar-refractivity contribution in [2.75, 3.05) is 0 Å². The van der Waals surface area contributed by atoms with Gasteiger partial charge in [0.15, 0.2) is 0 Å². The Balaban J connectivity index is 0.899. The lowest BCUT2D eigenvalue weighted by atomic mass is 9.87. The molecule has 2 heteroatoms. The van der Waals surface area contributed by atoms with Crippen molar-refractivity contribution in [3.63, 3.8) is 0 Å². The lowest BCUT2D eigenvalue weighted by molar-refractivity contribution is 0.774. The Morgan fingerprint density at radius 1 is 0.418 bits per heavy atom. The highest BCUT2D eigenvalue weighted by molar-refractivity contribution is 5.90. The molecule has 0 radical (unpaired) electrons. The number of aromatic nitrogens is 1. The van der Waals surface area contributed by atoms with Crippen LogP contribution >= 0.6 is 0 Å². The molecule has 1 aliphatic heterocycles. The van der Waals surface area contributed by atoms with Crippen LogP contribution in [0.3, 0.4) is 0 Å². The molecule has 0 amide bonds. The first-order valence-electron chi connectivity index (χ1n) is 23.8. The molecule has 0 bridgehead atoms. The number of allylic oxidation sites excluding steroid dienone is 5. The molecule has 0 spiro atoms. The van der Waals surface area contributed by atoms with Crippen LogP contribution in [0.5, 0.6) is 0 Å². The zero-order valence-corrected chi connectivity index (χ0v) is 37.7. The fraction of sp³-hybridized carbons (Fsp3) is 0.0923. The monoisotopic (exact) mass is 858 g/mol. The summed E-state index contributed by atoms with van der Waals surface area (Å²) < 4.78 is 0. The van der Waals surface area contributed by atoms with Crippen LogP contribution in [-0.4, -0.2) is 4.98 Å². The lowest BCUT2D eigenvalue weighted by Crippen LogP contribution is -2.10. The van der Waals surface area contributed by atoms with E-state index < -0.39 is 0 Å². The van der Waals surface area contributed by atoms with Crippen LogP contribution in [0, 0.1) is 0 Å². The average Bonchev–Trinajstić information content (AvgIpc) is 3.77. The quantitative estimate of drug-likeness (QED) is 0.148. The van der Waals surface area contributed by atoms with Crippen molar-refractivity contribution in [2.24, 2.45) is 0 Å². The average molecular weight is 859 g/mol. The van der Waals surface area contributed by atoms with Crippen molar-refractivity contribution in [2.45, 2.75) is 38.0 Å². The van der Waals surface area contributed by atoms with Crippen LogP contribution in [0.1, 0.15) is 69.7 Å². The van der Waals surface area contributed by atoms with Crippen molar-refractivity contribution in [3.05, 3.63) is 281 Å². The molecule has 67 heavy (non-hydrogen) atoms. The molecule has 8 aromatic carbocycles. The van der Waals surface area contributed by atoms with E-state index in [0.717, 1.165) is 25.0 Å². The molecule has 0 saturated heterocycles. The Bertz CT molecular complexity index is 3340. The standard InChI is InChI=1S/C65H50N2/c1-2-44-25-15-26-58-61(41-55-38-53(47-21-11-5-12-22-47)37-54(42-67-55)48-23-13-6-14-24-48)56-30-28-49(39-62(56)64(44)58)50-29-31-57-60(59-27-16-32-66-65(59)63(57)40-50)35-43-33-51(45-17-7-3-8-18-45)36-52(34-43)46-19-9-4-10-20-46/h3-34,36-40,42,60-61,67H,2,35,41H2,1H3. The maximum atomic E-state index is 5.07. The predicted molar refractivity (Wildman–Crippen MR) is 279 cm³/mol. The minimum atomic E-state index is 0.199. The molecule has 0 fully saturated rings. The van der Waals surface area contributed by atoms with E-state index in [4.69, 9.17) is 4.98 Å². The number of nitrogens with one attached hydrogen (secondary N) is 1. The third-order valence-corrected chi connectivity index (χ3v) is 14.2.